The molecule has 0 amide bonds. The Bertz CT molecular complexity index is 402. The van der Waals surface area contributed by atoms with Crippen molar-refractivity contribution in [3.8, 4) is 0 Å². The molecule has 0 N–H and O–H groups in total. The summed E-state index contributed by atoms with van der Waals surface area (Å²) in [5.41, 5.74) is -0.719. The molecule has 20 heavy (non-hydrogen) atoms. The molecule has 1 saturated heterocycles. The largest absolute Gasteiger partial charge is 0.464 e. The molecule has 0 radical (unpaired) electrons. The Morgan fingerprint density at radius 2 is 1.70 bits per heavy atom. The van der Waals surface area contributed by atoms with Gasteiger partial charge in [-0.1, -0.05) is 13.3 Å². The lowest BCUT2D eigenvalue weighted by atomic mass is 9.49. The molecule has 1 unspecified atom stereocenters. The molecule has 1 atom stereocenters. The molecule has 4 saturated carbocycles. The first-order valence-corrected chi connectivity index (χ1v) is 8.53. The number of carbonyl (C=O) groups is 1. The van der Waals surface area contributed by atoms with Gasteiger partial charge in [0.25, 0.3) is 0 Å². The van der Waals surface area contributed by atoms with E-state index >= 15 is 0 Å². The second-order valence-electron chi connectivity index (χ2n) is 7.50. The number of hydrogen-bond donors (Lipinski definition) is 0. The van der Waals surface area contributed by atoms with Crippen molar-refractivity contribution in [1.82, 2.24) is 0 Å². The lowest BCUT2D eigenvalue weighted by molar-refractivity contribution is -0.150. The molecule has 3 heteroatoms. The average Bonchev–Trinajstić information content (AvgIpc) is 3.07. The number of carbonyl (C=O) groups excluding carboxylic acids is 1. The maximum absolute atomic E-state index is 12.6. The first-order valence-electron chi connectivity index (χ1n) is 8.53. The van der Waals surface area contributed by atoms with Crippen LogP contribution in [0.3, 0.4) is 0 Å². The van der Waals surface area contributed by atoms with Gasteiger partial charge in [-0.25, -0.2) is 4.79 Å². The van der Waals surface area contributed by atoms with Gasteiger partial charge in [0.15, 0.2) is 5.60 Å². The first kappa shape index (κ1) is 13.1. The topological polar surface area (TPSA) is 38.8 Å². The third-order valence-corrected chi connectivity index (χ3v) is 6.49. The number of ether oxygens (including phenoxy) is 2. The summed E-state index contributed by atoms with van der Waals surface area (Å²) < 4.78 is 11.7. The van der Waals surface area contributed by atoms with Crippen LogP contribution in [0.1, 0.15) is 58.8 Å². The number of epoxide rings is 1. The summed E-state index contributed by atoms with van der Waals surface area (Å²) >= 11 is 0. The van der Waals surface area contributed by atoms with Crippen LogP contribution in [-0.2, 0) is 14.3 Å². The zero-order chi connectivity index (χ0) is 14.0. The summed E-state index contributed by atoms with van der Waals surface area (Å²) in [5.74, 6) is 2.99. The molecule has 5 fully saturated rings. The molecule has 0 aromatic rings. The summed E-state index contributed by atoms with van der Waals surface area (Å²) in [4.78, 5) is 12.6. The second-order valence-corrected chi connectivity index (χ2v) is 7.50. The Hall–Kier alpha value is -0.570. The Morgan fingerprint density at radius 3 is 2.20 bits per heavy atom. The lowest BCUT2D eigenvalue weighted by Gasteiger charge is -2.54. The molecule has 1 heterocycles. The number of rotatable bonds is 4. The van der Waals surface area contributed by atoms with Gasteiger partial charge in [-0.2, -0.15) is 0 Å². The van der Waals surface area contributed by atoms with Crippen molar-refractivity contribution in [2.45, 2.75) is 70.0 Å². The number of hydrogen-bond acceptors (Lipinski definition) is 3. The van der Waals surface area contributed by atoms with E-state index in [2.05, 4.69) is 6.92 Å². The predicted molar refractivity (Wildman–Crippen MR) is 75.1 cm³/mol. The average molecular weight is 278 g/mol. The number of esters is 1. The molecule has 5 rings (SSSR count). The molecule has 4 aliphatic carbocycles. The van der Waals surface area contributed by atoms with Crippen LogP contribution in [0.15, 0.2) is 0 Å². The summed E-state index contributed by atoms with van der Waals surface area (Å²) in [6.45, 7) is 4.50. The van der Waals surface area contributed by atoms with E-state index in [4.69, 9.17) is 9.47 Å². The Balaban J connectivity index is 1.66. The summed E-state index contributed by atoms with van der Waals surface area (Å²) in [6, 6.07) is 0. The fourth-order valence-electron chi connectivity index (χ4n) is 6.12. The highest BCUT2D eigenvalue weighted by Gasteiger charge is 2.82. The predicted octanol–water partition coefficient (Wildman–Crippen LogP) is 3.31. The van der Waals surface area contributed by atoms with Crippen LogP contribution in [0, 0.1) is 23.7 Å². The third-order valence-electron chi connectivity index (χ3n) is 6.49. The minimum atomic E-state index is -0.583. The van der Waals surface area contributed by atoms with Gasteiger partial charge >= 0.3 is 5.97 Å². The van der Waals surface area contributed by atoms with Crippen molar-refractivity contribution < 1.29 is 14.3 Å². The van der Waals surface area contributed by atoms with Crippen molar-refractivity contribution >= 4 is 5.97 Å². The van der Waals surface area contributed by atoms with Crippen molar-refractivity contribution in [2.75, 3.05) is 6.61 Å². The van der Waals surface area contributed by atoms with Crippen molar-refractivity contribution in [1.29, 1.82) is 0 Å². The van der Waals surface area contributed by atoms with E-state index in [1.165, 1.54) is 32.1 Å². The highest BCUT2D eigenvalue weighted by molar-refractivity contribution is 5.85. The van der Waals surface area contributed by atoms with Crippen LogP contribution in [0.5, 0.6) is 0 Å². The van der Waals surface area contributed by atoms with Crippen LogP contribution >= 0.6 is 0 Å². The highest BCUT2D eigenvalue weighted by atomic mass is 16.7. The zero-order valence-corrected chi connectivity index (χ0v) is 12.7. The van der Waals surface area contributed by atoms with Gasteiger partial charge in [-0.15, -0.1) is 0 Å². The Labute approximate surface area is 121 Å². The minimum absolute atomic E-state index is 0.0747. The SMILES string of the molecule is CCCC1(C(=O)OCC)OC12C1CC3CC(C1)CC2C3. The fraction of sp³-hybridized carbons (Fsp3) is 0.941. The normalized spacial score (nSPS) is 51.5. The van der Waals surface area contributed by atoms with E-state index in [0.717, 1.165) is 24.7 Å². The van der Waals surface area contributed by atoms with Gasteiger partial charge in [0.1, 0.15) is 5.60 Å². The van der Waals surface area contributed by atoms with E-state index in [-0.39, 0.29) is 11.6 Å². The lowest BCUT2D eigenvalue weighted by Crippen LogP contribution is -2.55. The minimum Gasteiger partial charge on any atom is -0.464 e. The second kappa shape index (κ2) is 4.22. The summed E-state index contributed by atoms with van der Waals surface area (Å²) in [7, 11) is 0. The highest BCUT2D eigenvalue weighted by Crippen LogP contribution is 2.72. The summed E-state index contributed by atoms with van der Waals surface area (Å²) in [6.07, 6.45) is 8.43. The molecular weight excluding hydrogens is 252 g/mol. The van der Waals surface area contributed by atoms with Crippen molar-refractivity contribution in [2.24, 2.45) is 23.7 Å². The van der Waals surface area contributed by atoms with Gasteiger partial charge < -0.3 is 9.47 Å². The van der Waals surface area contributed by atoms with Crippen LogP contribution in [0.25, 0.3) is 0 Å². The zero-order valence-electron chi connectivity index (χ0n) is 12.7. The van der Waals surface area contributed by atoms with Gasteiger partial charge in [0.05, 0.1) is 6.61 Å². The Morgan fingerprint density at radius 1 is 1.10 bits per heavy atom. The van der Waals surface area contributed by atoms with Gasteiger partial charge in [-0.3, -0.25) is 0 Å². The molecule has 112 valence electrons. The van der Waals surface area contributed by atoms with Gasteiger partial charge in [0.2, 0.25) is 0 Å². The third kappa shape index (κ3) is 1.43. The molecule has 5 aliphatic rings. The van der Waals surface area contributed by atoms with Crippen LogP contribution in [0.4, 0.5) is 0 Å². The van der Waals surface area contributed by atoms with Crippen LogP contribution in [0.2, 0.25) is 0 Å². The fourth-order valence-corrected chi connectivity index (χ4v) is 6.12. The molecule has 1 aliphatic heterocycles. The molecule has 0 aromatic carbocycles. The van der Waals surface area contributed by atoms with Crippen LogP contribution < -0.4 is 0 Å². The molecular formula is C17H26O3. The van der Waals surface area contributed by atoms with E-state index < -0.39 is 5.60 Å². The quantitative estimate of drug-likeness (QED) is 0.585. The Kier molecular flexibility index (Phi) is 2.77. The molecule has 4 bridgehead atoms. The standard InChI is InChI=1S/C17H26O3/c1-3-5-16(15(18)19-4-2)17(20-16)13-7-11-6-12(9-13)10-14(17)8-11/h11-14H,3-10H2,1-2H3. The van der Waals surface area contributed by atoms with E-state index in [1.54, 1.807) is 0 Å². The van der Waals surface area contributed by atoms with Gasteiger partial charge in [-0.05, 0) is 69.1 Å². The van der Waals surface area contributed by atoms with E-state index in [9.17, 15) is 4.79 Å². The van der Waals surface area contributed by atoms with Crippen molar-refractivity contribution in [3.63, 3.8) is 0 Å². The summed E-state index contributed by atoms with van der Waals surface area (Å²) in [5, 5.41) is 0. The van der Waals surface area contributed by atoms with E-state index in [0.29, 0.717) is 18.4 Å². The molecule has 3 nitrogen and oxygen atoms in total. The smallest absolute Gasteiger partial charge is 0.341 e. The maximum atomic E-state index is 12.6. The monoisotopic (exact) mass is 278 g/mol. The first-order chi connectivity index (χ1) is 9.66. The van der Waals surface area contributed by atoms with E-state index in [1.807, 2.05) is 6.92 Å². The van der Waals surface area contributed by atoms with Crippen molar-refractivity contribution in [3.05, 3.63) is 0 Å². The molecule has 0 aromatic heterocycles. The van der Waals surface area contributed by atoms with Gasteiger partial charge in [0, 0.05) is 0 Å². The maximum Gasteiger partial charge on any atom is 0.341 e. The molecule has 1 spiro atoms. The van der Waals surface area contributed by atoms with Crippen LogP contribution in [-0.4, -0.2) is 23.8 Å².